The molecule has 2 atom stereocenters. The Morgan fingerprint density at radius 2 is 2.08 bits per heavy atom. The summed E-state index contributed by atoms with van der Waals surface area (Å²) in [6.07, 6.45) is 1.61. The van der Waals surface area contributed by atoms with Crippen molar-refractivity contribution in [1.82, 2.24) is 4.90 Å². The van der Waals surface area contributed by atoms with Gasteiger partial charge < -0.3 is 14.4 Å². The van der Waals surface area contributed by atoms with Crippen LogP contribution in [0.4, 0.5) is 14.9 Å². The van der Waals surface area contributed by atoms with Crippen molar-refractivity contribution in [3.05, 3.63) is 24.0 Å². The van der Waals surface area contributed by atoms with E-state index in [1.54, 1.807) is 11.9 Å². The molecule has 2 N–H and O–H groups in total. The van der Waals surface area contributed by atoms with E-state index in [-0.39, 0.29) is 24.0 Å². The molecule has 1 saturated carbocycles. The number of benzene rings is 1. The molecule has 134 valence electrons. The van der Waals surface area contributed by atoms with E-state index in [4.69, 9.17) is 14.7 Å². The fraction of sp³-hybridized carbons (Fsp3) is 0.588. The smallest absolute Gasteiger partial charge is 0.410 e. The standard InChI is InChI=1S/C17H25FN2O4/c1-17(2,3)24-16(21)20(4)12-6-7-13(10-12)23-15-9-11(18)5-8-14(15)19-22/h5,8-9,12-13,19,22H,6-7,10H2,1-4H3/t12-,13-/m0/s1. The Morgan fingerprint density at radius 1 is 1.38 bits per heavy atom. The molecule has 7 heteroatoms. The van der Waals surface area contributed by atoms with Gasteiger partial charge in [0.2, 0.25) is 0 Å². The van der Waals surface area contributed by atoms with Crippen LogP contribution in [-0.2, 0) is 4.74 Å². The number of carbonyl (C=O) groups excluding carboxylic acids is 1. The first-order valence-electron chi connectivity index (χ1n) is 8.01. The van der Waals surface area contributed by atoms with Crippen molar-refractivity contribution >= 4 is 11.8 Å². The molecule has 1 aromatic rings. The number of nitrogens with one attached hydrogen (secondary N) is 1. The van der Waals surface area contributed by atoms with Gasteiger partial charge in [-0.3, -0.25) is 10.7 Å². The molecule has 0 spiro atoms. The summed E-state index contributed by atoms with van der Waals surface area (Å²) < 4.78 is 24.5. The monoisotopic (exact) mass is 340 g/mol. The van der Waals surface area contributed by atoms with Gasteiger partial charge in [-0.1, -0.05) is 0 Å². The number of amides is 1. The molecular formula is C17H25FN2O4. The summed E-state index contributed by atoms with van der Waals surface area (Å²) in [5.74, 6) is -0.188. The van der Waals surface area contributed by atoms with Gasteiger partial charge in [0.1, 0.15) is 29.0 Å². The molecule has 2 rings (SSSR count). The highest BCUT2D eigenvalue weighted by Crippen LogP contribution is 2.32. The number of anilines is 1. The molecule has 1 amide bonds. The van der Waals surface area contributed by atoms with Gasteiger partial charge in [0, 0.05) is 25.6 Å². The summed E-state index contributed by atoms with van der Waals surface area (Å²) >= 11 is 0. The molecule has 1 aliphatic carbocycles. The van der Waals surface area contributed by atoms with Crippen LogP contribution in [0, 0.1) is 5.82 Å². The van der Waals surface area contributed by atoms with Gasteiger partial charge in [0.25, 0.3) is 0 Å². The zero-order valence-corrected chi connectivity index (χ0v) is 14.5. The van der Waals surface area contributed by atoms with Crippen molar-refractivity contribution in [2.45, 2.75) is 57.8 Å². The van der Waals surface area contributed by atoms with Crippen molar-refractivity contribution < 1.29 is 23.9 Å². The largest absolute Gasteiger partial charge is 0.488 e. The van der Waals surface area contributed by atoms with E-state index < -0.39 is 11.4 Å². The van der Waals surface area contributed by atoms with Gasteiger partial charge in [0.15, 0.2) is 0 Å². The number of halogens is 1. The zero-order valence-electron chi connectivity index (χ0n) is 14.5. The SMILES string of the molecule is CN(C(=O)OC(C)(C)C)[C@H]1CC[C@H](Oc2cc(F)ccc2NO)C1. The lowest BCUT2D eigenvalue weighted by molar-refractivity contribution is 0.0219. The average molecular weight is 340 g/mol. The molecule has 1 aliphatic rings. The Kier molecular flexibility index (Phi) is 5.54. The minimum absolute atomic E-state index is 0.00365. The van der Waals surface area contributed by atoms with Gasteiger partial charge in [-0.2, -0.15) is 0 Å². The number of nitrogens with zero attached hydrogens (tertiary/aromatic N) is 1. The predicted octanol–water partition coefficient (Wildman–Crippen LogP) is 3.79. The Hall–Kier alpha value is -2.02. The third-order valence-electron chi connectivity index (χ3n) is 3.94. The first-order chi connectivity index (χ1) is 11.2. The Morgan fingerprint density at radius 3 is 2.71 bits per heavy atom. The van der Waals surface area contributed by atoms with Gasteiger partial charge in [-0.25, -0.2) is 9.18 Å². The number of hydrogen-bond acceptors (Lipinski definition) is 5. The van der Waals surface area contributed by atoms with Crippen LogP contribution in [0.15, 0.2) is 18.2 Å². The third-order valence-corrected chi connectivity index (χ3v) is 3.94. The molecule has 0 unspecified atom stereocenters. The normalized spacial score (nSPS) is 20.6. The Bertz CT molecular complexity index is 588. The van der Waals surface area contributed by atoms with Crippen molar-refractivity contribution in [3.8, 4) is 5.75 Å². The van der Waals surface area contributed by atoms with E-state index in [2.05, 4.69) is 0 Å². The maximum absolute atomic E-state index is 13.4. The van der Waals surface area contributed by atoms with Crippen LogP contribution in [0.25, 0.3) is 0 Å². The van der Waals surface area contributed by atoms with Gasteiger partial charge >= 0.3 is 6.09 Å². The lowest BCUT2D eigenvalue weighted by atomic mass is 10.2. The van der Waals surface area contributed by atoms with E-state index in [1.165, 1.54) is 18.2 Å². The molecule has 0 radical (unpaired) electrons. The van der Waals surface area contributed by atoms with Crippen LogP contribution in [0.3, 0.4) is 0 Å². The molecule has 0 bridgehead atoms. The van der Waals surface area contributed by atoms with Crippen LogP contribution in [0.5, 0.6) is 5.75 Å². The molecule has 0 saturated heterocycles. The summed E-state index contributed by atoms with van der Waals surface area (Å²) in [5, 5.41) is 9.08. The minimum Gasteiger partial charge on any atom is -0.488 e. The van der Waals surface area contributed by atoms with Crippen LogP contribution in [0.1, 0.15) is 40.0 Å². The molecule has 0 aliphatic heterocycles. The maximum atomic E-state index is 13.4. The van der Waals surface area contributed by atoms with Gasteiger partial charge in [-0.15, -0.1) is 0 Å². The molecule has 0 aromatic heterocycles. The average Bonchev–Trinajstić information content (AvgIpc) is 2.93. The topological polar surface area (TPSA) is 71.0 Å². The second kappa shape index (κ2) is 7.25. The Labute approximate surface area is 141 Å². The maximum Gasteiger partial charge on any atom is 0.410 e. The summed E-state index contributed by atoms with van der Waals surface area (Å²) in [6, 6.07) is 3.87. The van der Waals surface area contributed by atoms with Crippen LogP contribution in [0.2, 0.25) is 0 Å². The molecule has 1 fully saturated rings. The zero-order chi connectivity index (χ0) is 17.9. The van der Waals surface area contributed by atoms with Crippen molar-refractivity contribution in [2.75, 3.05) is 12.5 Å². The van der Waals surface area contributed by atoms with Crippen molar-refractivity contribution in [3.63, 3.8) is 0 Å². The predicted molar refractivity (Wildman–Crippen MR) is 87.9 cm³/mol. The fourth-order valence-corrected chi connectivity index (χ4v) is 2.72. The van der Waals surface area contributed by atoms with E-state index in [0.29, 0.717) is 12.1 Å². The van der Waals surface area contributed by atoms with E-state index in [1.807, 2.05) is 26.3 Å². The highest BCUT2D eigenvalue weighted by molar-refractivity contribution is 5.68. The van der Waals surface area contributed by atoms with Crippen molar-refractivity contribution in [1.29, 1.82) is 0 Å². The second-order valence-corrected chi connectivity index (χ2v) is 7.05. The summed E-state index contributed by atoms with van der Waals surface area (Å²) in [6.45, 7) is 5.48. The molecule has 6 nitrogen and oxygen atoms in total. The summed E-state index contributed by atoms with van der Waals surface area (Å²) in [7, 11) is 1.71. The van der Waals surface area contributed by atoms with Crippen LogP contribution < -0.4 is 10.2 Å². The highest BCUT2D eigenvalue weighted by atomic mass is 19.1. The fourth-order valence-electron chi connectivity index (χ4n) is 2.72. The molecule has 24 heavy (non-hydrogen) atoms. The van der Waals surface area contributed by atoms with Crippen LogP contribution in [-0.4, -0.2) is 41.0 Å². The Balaban J connectivity index is 1.96. The first kappa shape index (κ1) is 18.3. The quantitative estimate of drug-likeness (QED) is 0.816. The number of carbonyl (C=O) groups is 1. The lowest BCUT2D eigenvalue weighted by Gasteiger charge is -2.28. The second-order valence-electron chi connectivity index (χ2n) is 7.05. The first-order valence-corrected chi connectivity index (χ1v) is 8.01. The summed E-state index contributed by atoms with van der Waals surface area (Å²) in [4.78, 5) is 13.7. The molecular weight excluding hydrogens is 315 g/mol. The van der Waals surface area contributed by atoms with Crippen LogP contribution >= 0.6 is 0 Å². The van der Waals surface area contributed by atoms with E-state index in [0.717, 1.165) is 12.8 Å². The van der Waals surface area contributed by atoms with Crippen molar-refractivity contribution in [2.24, 2.45) is 0 Å². The molecule has 1 aromatic carbocycles. The number of ether oxygens (including phenoxy) is 2. The van der Waals surface area contributed by atoms with E-state index in [9.17, 15) is 9.18 Å². The number of rotatable bonds is 4. The lowest BCUT2D eigenvalue weighted by Crippen LogP contribution is -2.40. The molecule has 0 heterocycles. The van der Waals surface area contributed by atoms with Gasteiger partial charge in [0.05, 0.1) is 0 Å². The minimum atomic E-state index is -0.539. The highest BCUT2D eigenvalue weighted by Gasteiger charge is 2.33. The summed E-state index contributed by atoms with van der Waals surface area (Å²) in [5.41, 5.74) is 1.77. The number of hydrogen-bond donors (Lipinski definition) is 2. The van der Waals surface area contributed by atoms with Gasteiger partial charge in [-0.05, 0) is 45.7 Å². The van der Waals surface area contributed by atoms with E-state index >= 15 is 0 Å². The third kappa shape index (κ3) is 4.74.